The van der Waals surface area contributed by atoms with Gasteiger partial charge in [0.1, 0.15) is 17.1 Å². The summed E-state index contributed by atoms with van der Waals surface area (Å²) in [6, 6.07) is 5.93. The van der Waals surface area contributed by atoms with Crippen LogP contribution >= 0.6 is 0 Å². The number of hydrogen-bond acceptors (Lipinski definition) is 4. The Kier molecular flexibility index (Phi) is 3.21. The van der Waals surface area contributed by atoms with Gasteiger partial charge in [0.05, 0.1) is 19.1 Å². The molecule has 1 aromatic rings. The lowest BCUT2D eigenvalue weighted by molar-refractivity contribution is -0.0228. The Morgan fingerprint density at radius 3 is 2.95 bits per heavy atom. The molecule has 0 aliphatic carbocycles. The molecule has 4 heteroatoms. The summed E-state index contributed by atoms with van der Waals surface area (Å²) in [5, 5.41) is 0. The van der Waals surface area contributed by atoms with E-state index < -0.39 is 0 Å². The molecule has 108 valence electrons. The largest absolute Gasteiger partial charge is 0.497 e. The highest BCUT2D eigenvalue weighted by molar-refractivity contribution is 6.00. The van der Waals surface area contributed by atoms with Gasteiger partial charge in [0.2, 0.25) is 0 Å². The Balaban J connectivity index is 1.91. The number of ether oxygens (including phenoxy) is 2. The van der Waals surface area contributed by atoms with Gasteiger partial charge < -0.3 is 14.4 Å². The molecule has 2 atom stereocenters. The first-order valence-electron chi connectivity index (χ1n) is 7.13. The van der Waals surface area contributed by atoms with Crippen molar-refractivity contribution in [3.63, 3.8) is 0 Å². The molecule has 0 amide bonds. The molecule has 2 aliphatic rings. The molecule has 1 fully saturated rings. The SMILES string of the molecule is COc1ccc2c(c1)C(=O)CC1(CCN(C)C(C)C1)O2. The van der Waals surface area contributed by atoms with E-state index in [-0.39, 0.29) is 11.4 Å². The number of ketones is 1. The Bertz CT molecular complexity index is 543. The Morgan fingerprint density at radius 1 is 1.45 bits per heavy atom. The first-order chi connectivity index (χ1) is 9.53. The maximum atomic E-state index is 12.5. The van der Waals surface area contributed by atoms with Gasteiger partial charge in [0.25, 0.3) is 0 Å². The van der Waals surface area contributed by atoms with Crippen molar-refractivity contribution in [3.8, 4) is 11.5 Å². The zero-order valence-electron chi connectivity index (χ0n) is 12.3. The number of benzene rings is 1. The minimum absolute atomic E-state index is 0.168. The van der Waals surface area contributed by atoms with Gasteiger partial charge in [0.15, 0.2) is 5.78 Å². The molecule has 0 radical (unpaired) electrons. The second-order valence-electron chi connectivity index (χ2n) is 6.03. The average Bonchev–Trinajstić information content (AvgIpc) is 2.43. The number of fused-ring (bicyclic) bond motifs is 1. The summed E-state index contributed by atoms with van der Waals surface area (Å²) >= 11 is 0. The van der Waals surface area contributed by atoms with Crippen LogP contribution in [0.3, 0.4) is 0 Å². The molecular formula is C16H21NO3. The number of rotatable bonds is 1. The van der Waals surface area contributed by atoms with Gasteiger partial charge in [-0.15, -0.1) is 0 Å². The molecule has 0 N–H and O–H groups in total. The first kappa shape index (κ1) is 13.4. The van der Waals surface area contributed by atoms with E-state index in [9.17, 15) is 4.79 Å². The maximum absolute atomic E-state index is 12.5. The van der Waals surface area contributed by atoms with Gasteiger partial charge in [-0.2, -0.15) is 0 Å². The fourth-order valence-electron chi connectivity index (χ4n) is 3.25. The zero-order chi connectivity index (χ0) is 14.3. The molecule has 20 heavy (non-hydrogen) atoms. The van der Waals surface area contributed by atoms with Gasteiger partial charge >= 0.3 is 0 Å². The van der Waals surface area contributed by atoms with Crippen LogP contribution in [0.1, 0.15) is 36.5 Å². The van der Waals surface area contributed by atoms with E-state index in [1.54, 1.807) is 13.2 Å². The van der Waals surface area contributed by atoms with Crippen molar-refractivity contribution < 1.29 is 14.3 Å². The summed E-state index contributed by atoms with van der Waals surface area (Å²) in [5.74, 6) is 1.58. The van der Waals surface area contributed by atoms with Gasteiger partial charge in [0, 0.05) is 25.4 Å². The predicted molar refractivity (Wildman–Crippen MR) is 76.6 cm³/mol. The number of hydrogen-bond donors (Lipinski definition) is 0. The lowest BCUT2D eigenvalue weighted by atomic mass is 9.80. The molecule has 0 saturated carbocycles. The van der Waals surface area contributed by atoms with Gasteiger partial charge in [-0.05, 0) is 32.2 Å². The number of methoxy groups -OCH3 is 1. The molecular weight excluding hydrogens is 254 g/mol. The van der Waals surface area contributed by atoms with Crippen molar-refractivity contribution in [1.29, 1.82) is 0 Å². The third-order valence-corrected chi connectivity index (χ3v) is 4.64. The second kappa shape index (κ2) is 4.77. The van der Waals surface area contributed by atoms with Crippen LogP contribution in [0.15, 0.2) is 18.2 Å². The van der Waals surface area contributed by atoms with E-state index in [0.29, 0.717) is 29.5 Å². The summed E-state index contributed by atoms with van der Waals surface area (Å²) in [4.78, 5) is 14.8. The third kappa shape index (κ3) is 2.18. The number of carbonyl (C=O) groups is 1. The summed E-state index contributed by atoms with van der Waals surface area (Å²) in [6.07, 6.45) is 2.29. The fourth-order valence-corrected chi connectivity index (χ4v) is 3.25. The minimum Gasteiger partial charge on any atom is -0.497 e. The van der Waals surface area contributed by atoms with E-state index in [4.69, 9.17) is 9.47 Å². The highest BCUT2D eigenvalue weighted by Gasteiger charge is 2.44. The van der Waals surface area contributed by atoms with Crippen LogP contribution in [-0.4, -0.2) is 43.0 Å². The van der Waals surface area contributed by atoms with Crippen molar-refractivity contribution in [2.45, 2.75) is 37.8 Å². The first-order valence-corrected chi connectivity index (χ1v) is 7.13. The molecule has 0 aromatic heterocycles. The number of likely N-dealkylation sites (tertiary alicyclic amines) is 1. The third-order valence-electron chi connectivity index (χ3n) is 4.64. The maximum Gasteiger partial charge on any atom is 0.170 e. The van der Waals surface area contributed by atoms with Crippen molar-refractivity contribution in [3.05, 3.63) is 23.8 Å². The molecule has 1 saturated heterocycles. The van der Waals surface area contributed by atoms with E-state index in [1.165, 1.54) is 0 Å². The second-order valence-corrected chi connectivity index (χ2v) is 6.03. The van der Waals surface area contributed by atoms with Crippen molar-refractivity contribution in [1.82, 2.24) is 4.90 Å². The number of piperidine rings is 1. The summed E-state index contributed by atoms with van der Waals surface area (Å²) < 4.78 is 11.4. The highest BCUT2D eigenvalue weighted by Crippen LogP contribution is 2.41. The van der Waals surface area contributed by atoms with Crippen LogP contribution in [0.5, 0.6) is 11.5 Å². The molecule has 2 aliphatic heterocycles. The monoisotopic (exact) mass is 275 g/mol. The lowest BCUT2D eigenvalue weighted by Crippen LogP contribution is -2.53. The fraction of sp³-hybridized carbons (Fsp3) is 0.562. The Labute approximate surface area is 119 Å². The zero-order valence-corrected chi connectivity index (χ0v) is 12.3. The molecule has 3 rings (SSSR count). The van der Waals surface area contributed by atoms with E-state index in [1.807, 2.05) is 12.1 Å². The molecule has 1 spiro atoms. The van der Waals surface area contributed by atoms with Gasteiger partial charge in [-0.3, -0.25) is 4.79 Å². The van der Waals surface area contributed by atoms with Crippen molar-refractivity contribution in [2.75, 3.05) is 20.7 Å². The van der Waals surface area contributed by atoms with E-state index in [0.717, 1.165) is 19.4 Å². The van der Waals surface area contributed by atoms with Crippen LogP contribution in [0, 0.1) is 0 Å². The average molecular weight is 275 g/mol. The van der Waals surface area contributed by atoms with Crippen LogP contribution in [0.25, 0.3) is 0 Å². The Morgan fingerprint density at radius 2 is 2.25 bits per heavy atom. The van der Waals surface area contributed by atoms with Crippen LogP contribution in [-0.2, 0) is 0 Å². The molecule has 2 heterocycles. The van der Waals surface area contributed by atoms with Crippen LogP contribution in [0.4, 0.5) is 0 Å². The van der Waals surface area contributed by atoms with Gasteiger partial charge in [-0.1, -0.05) is 0 Å². The van der Waals surface area contributed by atoms with E-state index in [2.05, 4.69) is 18.9 Å². The van der Waals surface area contributed by atoms with Crippen LogP contribution in [0.2, 0.25) is 0 Å². The van der Waals surface area contributed by atoms with Crippen molar-refractivity contribution in [2.24, 2.45) is 0 Å². The normalized spacial score (nSPS) is 29.9. The summed E-state index contributed by atoms with van der Waals surface area (Å²) in [6.45, 7) is 3.16. The van der Waals surface area contributed by atoms with Crippen LogP contribution < -0.4 is 9.47 Å². The Hall–Kier alpha value is -1.55. The molecule has 4 nitrogen and oxygen atoms in total. The summed E-state index contributed by atoms with van der Waals surface area (Å²) in [7, 11) is 3.73. The van der Waals surface area contributed by atoms with E-state index >= 15 is 0 Å². The highest BCUT2D eigenvalue weighted by atomic mass is 16.5. The lowest BCUT2D eigenvalue weighted by Gasteiger charge is -2.46. The minimum atomic E-state index is -0.315. The van der Waals surface area contributed by atoms with Gasteiger partial charge in [-0.25, -0.2) is 0 Å². The standard InChI is InChI=1S/C16H21NO3/c1-11-9-16(6-7-17(11)2)10-14(18)13-8-12(19-3)4-5-15(13)20-16/h4-5,8,11H,6-7,9-10H2,1-3H3. The topological polar surface area (TPSA) is 38.8 Å². The quantitative estimate of drug-likeness (QED) is 0.789. The smallest absolute Gasteiger partial charge is 0.170 e. The predicted octanol–water partition coefficient (Wildman–Crippen LogP) is 2.51. The number of Topliss-reactive ketones (excluding diaryl/α,β-unsaturated/α-hetero) is 1. The number of nitrogens with zero attached hydrogens (tertiary/aromatic N) is 1. The molecule has 2 unspecified atom stereocenters. The summed E-state index contributed by atoms with van der Waals surface area (Å²) in [5.41, 5.74) is 0.339. The molecule has 0 bridgehead atoms. The van der Waals surface area contributed by atoms with Crippen molar-refractivity contribution >= 4 is 5.78 Å². The molecule has 1 aromatic carbocycles. The number of carbonyl (C=O) groups excluding carboxylic acids is 1.